The number of para-hydroxylation sites is 2. The smallest absolute Gasteiger partial charge is 0.424 e. The van der Waals surface area contributed by atoms with Crippen molar-refractivity contribution >= 4 is 29.0 Å². The normalized spacial score (nSPS) is 10.6. The Morgan fingerprint density at radius 2 is 1.93 bits per heavy atom. The summed E-state index contributed by atoms with van der Waals surface area (Å²) in [6, 6.07) is 12.4. The molecule has 0 aliphatic rings. The predicted molar refractivity (Wildman–Crippen MR) is 111 cm³/mol. The summed E-state index contributed by atoms with van der Waals surface area (Å²) in [6.45, 7) is 4.12. The number of rotatable bonds is 7. The van der Waals surface area contributed by atoms with Gasteiger partial charge in [-0.1, -0.05) is 25.5 Å². The minimum Gasteiger partial charge on any atom is -0.484 e. The monoisotopic (exact) mass is 412 g/mol. The van der Waals surface area contributed by atoms with E-state index in [1.807, 2.05) is 31.2 Å². The van der Waals surface area contributed by atoms with Crippen LogP contribution in [0.2, 0.25) is 0 Å². The maximum atomic E-state index is 12.4. The average molecular weight is 412 g/mol. The summed E-state index contributed by atoms with van der Waals surface area (Å²) in [4.78, 5) is 29.8. The van der Waals surface area contributed by atoms with E-state index in [1.54, 1.807) is 25.1 Å². The molecule has 2 aromatic carbocycles. The standard InChI is InChI=1S/C22H24N2O6/c1-4-5-12-28-22(26)24(21(25)27-3)18-11-10-16(13-15(18)2)29-14-20-23-17-8-6-7-9-19(17)30-20/h6-11,13H,4-5,12,14H2,1-3H3. The Morgan fingerprint density at radius 3 is 2.63 bits per heavy atom. The van der Waals surface area contributed by atoms with Crippen molar-refractivity contribution in [3.05, 3.63) is 53.9 Å². The lowest BCUT2D eigenvalue weighted by Crippen LogP contribution is -2.38. The van der Waals surface area contributed by atoms with Gasteiger partial charge < -0.3 is 18.6 Å². The van der Waals surface area contributed by atoms with Gasteiger partial charge in [-0.15, -0.1) is 0 Å². The van der Waals surface area contributed by atoms with Crippen molar-refractivity contribution in [3.8, 4) is 5.75 Å². The molecule has 0 saturated carbocycles. The molecular weight excluding hydrogens is 388 g/mol. The molecule has 2 amide bonds. The Morgan fingerprint density at radius 1 is 1.13 bits per heavy atom. The zero-order valence-electron chi connectivity index (χ0n) is 17.2. The fraction of sp³-hybridized carbons (Fsp3) is 0.318. The molecule has 0 bridgehead atoms. The van der Waals surface area contributed by atoms with Gasteiger partial charge in [0, 0.05) is 0 Å². The number of aromatic nitrogens is 1. The van der Waals surface area contributed by atoms with Gasteiger partial charge in [-0.3, -0.25) is 0 Å². The van der Waals surface area contributed by atoms with E-state index in [2.05, 4.69) is 4.98 Å². The van der Waals surface area contributed by atoms with Crippen molar-refractivity contribution in [2.75, 3.05) is 18.6 Å². The van der Waals surface area contributed by atoms with Crippen LogP contribution in [0.1, 0.15) is 31.2 Å². The van der Waals surface area contributed by atoms with Crippen LogP contribution in [0.15, 0.2) is 46.9 Å². The van der Waals surface area contributed by atoms with E-state index in [9.17, 15) is 9.59 Å². The fourth-order valence-corrected chi connectivity index (χ4v) is 2.83. The molecule has 3 rings (SSSR count). The number of unbranched alkanes of at least 4 members (excludes halogenated alkanes) is 1. The zero-order chi connectivity index (χ0) is 21.5. The number of imide groups is 1. The van der Waals surface area contributed by atoms with Gasteiger partial charge in [0.2, 0.25) is 5.89 Å². The van der Waals surface area contributed by atoms with Crippen molar-refractivity contribution < 1.29 is 28.2 Å². The van der Waals surface area contributed by atoms with E-state index in [0.29, 0.717) is 34.9 Å². The van der Waals surface area contributed by atoms with Gasteiger partial charge in [0.15, 0.2) is 12.2 Å². The number of ether oxygens (including phenoxy) is 3. The molecule has 8 nitrogen and oxygen atoms in total. The molecule has 8 heteroatoms. The number of benzene rings is 2. The average Bonchev–Trinajstić information content (AvgIpc) is 3.17. The lowest BCUT2D eigenvalue weighted by molar-refractivity contribution is 0.142. The van der Waals surface area contributed by atoms with E-state index < -0.39 is 12.2 Å². The summed E-state index contributed by atoms with van der Waals surface area (Å²) in [7, 11) is 1.21. The largest absolute Gasteiger partial charge is 0.484 e. The molecule has 0 unspecified atom stereocenters. The number of anilines is 1. The van der Waals surface area contributed by atoms with Crippen molar-refractivity contribution in [1.29, 1.82) is 0 Å². The van der Waals surface area contributed by atoms with Crippen LogP contribution < -0.4 is 9.64 Å². The quantitative estimate of drug-likeness (QED) is 0.491. The molecule has 0 aliphatic heterocycles. The second kappa shape index (κ2) is 9.78. The molecule has 0 atom stereocenters. The van der Waals surface area contributed by atoms with Crippen molar-refractivity contribution in [2.45, 2.75) is 33.3 Å². The highest BCUT2D eigenvalue weighted by Crippen LogP contribution is 2.27. The molecular formula is C22H24N2O6. The lowest BCUT2D eigenvalue weighted by Gasteiger charge is -2.21. The molecule has 1 heterocycles. The number of aryl methyl sites for hydroxylation is 1. The highest BCUT2D eigenvalue weighted by atomic mass is 16.6. The Hall–Kier alpha value is -3.55. The molecule has 0 aliphatic carbocycles. The number of carbonyl (C=O) groups excluding carboxylic acids is 2. The van der Waals surface area contributed by atoms with Crippen molar-refractivity contribution in [3.63, 3.8) is 0 Å². The second-order valence-corrected chi connectivity index (χ2v) is 6.59. The maximum absolute atomic E-state index is 12.4. The Labute approximate surface area is 174 Å². The number of oxazole rings is 1. The first-order valence-corrected chi connectivity index (χ1v) is 9.66. The second-order valence-electron chi connectivity index (χ2n) is 6.59. The number of methoxy groups -OCH3 is 1. The van der Waals surface area contributed by atoms with Gasteiger partial charge in [-0.05, 0) is 49.2 Å². The first-order chi connectivity index (χ1) is 14.5. The van der Waals surface area contributed by atoms with E-state index in [4.69, 9.17) is 18.6 Å². The summed E-state index contributed by atoms with van der Waals surface area (Å²) < 4.78 is 21.3. The highest BCUT2D eigenvalue weighted by molar-refractivity contribution is 6.09. The third-order valence-corrected chi connectivity index (χ3v) is 4.37. The number of hydrogen-bond acceptors (Lipinski definition) is 7. The Kier molecular flexibility index (Phi) is 6.90. The summed E-state index contributed by atoms with van der Waals surface area (Å²) >= 11 is 0. The summed E-state index contributed by atoms with van der Waals surface area (Å²) in [6.07, 6.45) is -0.0165. The fourth-order valence-electron chi connectivity index (χ4n) is 2.83. The minimum atomic E-state index is -0.820. The number of hydrogen-bond donors (Lipinski definition) is 0. The molecule has 3 aromatic rings. The lowest BCUT2D eigenvalue weighted by atomic mass is 10.2. The van der Waals surface area contributed by atoms with Gasteiger partial charge >= 0.3 is 12.2 Å². The summed E-state index contributed by atoms with van der Waals surface area (Å²) in [5.41, 5.74) is 2.45. The van der Waals surface area contributed by atoms with Crippen LogP contribution in [0.4, 0.5) is 15.3 Å². The summed E-state index contributed by atoms with van der Waals surface area (Å²) in [5, 5.41) is 0. The third kappa shape index (κ3) is 4.89. The Bertz CT molecular complexity index is 996. The summed E-state index contributed by atoms with van der Waals surface area (Å²) in [5.74, 6) is 0.997. The number of carbonyl (C=O) groups is 2. The molecule has 0 spiro atoms. The molecule has 0 radical (unpaired) electrons. The molecule has 0 fully saturated rings. The van der Waals surface area contributed by atoms with Crippen LogP contribution in [-0.4, -0.2) is 30.9 Å². The molecule has 158 valence electrons. The van der Waals surface area contributed by atoms with E-state index in [0.717, 1.165) is 16.8 Å². The molecule has 0 N–H and O–H groups in total. The third-order valence-electron chi connectivity index (χ3n) is 4.37. The number of fused-ring (bicyclic) bond motifs is 1. The predicted octanol–water partition coefficient (Wildman–Crippen LogP) is 5.22. The molecule has 1 aromatic heterocycles. The van der Waals surface area contributed by atoms with Gasteiger partial charge in [-0.2, -0.15) is 4.90 Å². The van der Waals surface area contributed by atoms with Crippen LogP contribution in [0.3, 0.4) is 0 Å². The van der Waals surface area contributed by atoms with Crippen molar-refractivity contribution in [1.82, 2.24) is 4.98 Å². The first kappa shape index (κ1) is 21.2. The molecule has 0 saturated heterocycles. The van der Waals surface area contributed by atoms with Crippen LogP contribution in [-0.2, 0) is 16.1 Å². The number of amides is 2. The van der Waals surface area contributed by atoms with E-state index >= 15 is 0 Å². The van der Waals surface area contributed by atoms with Gasteiger partial charge in [0.05, 0.1) is 19.4 Å². The van der Waals surface area contributed by atoms with Crippen molar-refractivity contribution in [2.24, 2.45) is 0 Å². The van der Waals surface area contributed by atoms with Crippen LogP contribution in [0.25, 0.3) is 11.1 Å². The maximum Gasteiger partial charge on any atom is 0.424 e. The highest BCUT2D eigenvalue weighted by Gasteiger charge is 2.27. The van der Waals surface area contributed by atoms with E-state index in [-0.39, 0.29) is 13.2 Å². The van der Waals surface area contributed by atoms with Crippen LogP contribution in [0, 0.1) is 6.92 Å². The zero-order valence-corrected chi connectivity index (χ0v) is 17.2. The minimum absolute atomic E-state index is 0.146. The number of nitrogens with zero attached hydrogens (tertiary/aromatic N) is 2. The van der Waals surface area contributed by atoms with Gasteiger partial charge in [-0.25, -0.2) is 14.6 Å². The van der Waals surface area contributed by atoms with E-state index in [1.165, 1.54) is 7.11 Å². The van der Waals surface area contributed by atoms with Gasteiger partial charge in [0.1, 0.15) is 11.3 Å². The van der Waals surface area contributed by atoms with Gasteiger partial charge in [0.25, 0.3) is 0 Å². The SMILES string of the molecule is CCCCOC(=O)N(C(=O)OC)c1ccc(OCc2nc3ccccc3o2)cc1C. The van der Waals surface area contributed by atoms with Crippen LogP contribution >= 0.6 is 0 Å². The topological polar surface area (TPSA) is 91.1 Å². The van der Waals surface area contributed by atoms with Crippen LogP contribution in [0.5, 0.6) is 5.75 Å². The first-order valence-electron chi connectivity index (χ1n) is 9.66. The Balaban J connectivity index is 1.73. The molecule has 30 heavy (non-hydrogen) atoms.